The standard InChI is InChI=1S/C58H26/c1-2-6-20-19(5-1)29-17-30(20)40-38-28-12-10-24-26-14-16-58-32-18-31(21-7-3-4-8-22(21)32)57(58)15-13-25-23-9-11-27-35-33(23)43-41(25)55(57)54-53-49(43)51-47(35)45(37(27)39(29)40)46(38)48-36(28)34(24)44(42(26)56(54)58)50(53)52(48)51/h1-14,29-32H,15-18H2. The molecule has 0 amide bonds. The van der Waals surface area contributed by atoms with Gasteiger partial charge in [0.25, 0.3) is 0 Å². The predicted molar refractivity (Wildman–Crippen MR) is 240 cm³/mol. The molecule has 0 radical (unpaired) electrons. The zero-order chi connectivity index (χ0) is 35.7. The Balaban J connectivity index is 1.15. The van der Waals surface area contributed by atoms with Crippen molar-refractivity contribution < 1.29 is 0 Å². The molecule has 0 N–H and O–H groups in total. The average Bonchev–Trinajstić information content (AvgIpc) is 4.13. The molecule has 7 aliphatic rings. The van der Waals surface area contributed by atoms with E-state index in [9.17, 15) is 0 Å². The lowest BCUT2D eigenvalue weighted by Gasteiger charge is -2.52. The molecule has 0 nitrogen and oxygen atoms in total. The Labute approximate surface area is 327 Å². The molecule has 6 atom stereocenters. The van der Waals surface area contributed by atoms with Crippen molar-refractivity contribution in [2.75, 3.05) is 0 Å². The van der Waals surface area contributed by atoms with Crippen molar-refractivity contribution in [3.05, 3.63) is 128 Å². The van der Waals surface area contributed by atoms with Crippen LogP contribution in [0, 0.1) is 0 Å². The summed E-state index contributed by atoms with van der Waals surface area (Å²) < 4.78 is 0. The second-order valence-electron chi connectivity index (χ2n) is 20.9. The quantitative estimate of drug-likeness (QED) is 0.137. The van der Waals surface area contributed by atoms with Crippen molar-refractivity contribution in [2.24, 2.45) is 0 Å². The summed E-state index contributed by atoms with van der Waals surface area (Å²) >= 11 is 0. The molecule has 0 aliphatic heterocycles. The Bertz CT molecular complexity index is 4450. The van der Waals surface area contributed by atoms with Gasteiger partial charge in [-0.25, -0.2) is 0 Å². The molecule has 4 bridgehead atoms. The number of hydrogen-bond donors (Lipinski definition) is 0. The van der Waals surface area contributed by atoms with Gasteiger partial charge in [-0.15, -0.1) is 0 Å². The minimum Gasteiger partial charge on any atom is -0.0751 e. The minimum absolute atomic E-state index is 0.101. The first-order valence-corrected chi connectivity index (χ1v) is 22.3. The molecule has 58 heavy (non-hydrogen) atoms. The molecule has 0 aromatic heterocycles. The summed E-state index contributed by atoms with van der Waals surface area (Å²) in [7, 11) is 0. The van der Waals surface area contributed by atoms with Crippen LogP contribution < -0.4 is 10.4 Å². The van der Waals surface area contributed by atoms with Crippen LogP contribution in [0.25, 0.3) is 141 Å². The molecule has 258 valence electrons. The third kappa shape index (κ3) is 1.71. The molecule has 1 saturated carbocycles. The summed E-state index contributed by atoms with van der Waals surface area (Å²) in [6.45, 7) is 0. The van der Waals surface area contributed by atoms with Crippen molar-refractivity contribution >= 4 is 141 Å². The van der Waals surface area contributed by atoms with E-state index >= 15 is 0 Å². The van der Waals surface area contributed by atoms with E-state index in [1.165, 1.54) is 25.7 Å². The Morgan fingerprint density at radius 3 is 1.21 bits per heavy atom. The molecular formula is C58H26. The van der Waals surface area contributed by atoms with Crippen LogP contribution in [0.1, 0.15) is 93.9 Å². The van der Waals surface area contributed by atoms with Gasteiger partial charge in [-0.05, 0) is 222 Å². The lowest BCUT2D eigenvalue weighted by molar-refractivity contribution is 0.230. The molecule has 2 spiro atoms. The Hall–Kier alpha value is -6.24. The topological polar surface area (TPSA) is 0 Å². The summed E-state index contributed by atoms with van der Waals surface area (Å²) in [5.74, 6) is 2.10. The maximum Gasteiger partial charge on any atom is 0.0175 e. The molecular weight excluding hydrogens is 697 g/mol. The highest BCUT2D eigenvalue weighted by atomic mass is 14.8. The van der Waals surface area contributed by atoms with Crippen LogP contribution in [-0.4, -0.2) is 0 Å². The SMILES string of the molecule is C1=c2c3ccc4c5c6c(c7c8ccc9c%10c%11c%12c%13c(c2c2c3c4c3c5c7c4c8c9c%11c5c%13c2c3c54)C2(C1)C1CC(c3ccccc31)C%122CC=%10)C1CC6c2ccccc21. The first kappa shape index (κ1) is 25.2. The van der Waals surface area contributed by atoms with E-state index in [2.05, 4.69) is 84.9 Å². The van der Waals surface area contributed by atoms with E-state index in [0.29, 0.717) is 23.7 Å². The summed E-state index contributed by atoms with van der Waals surface area (Å²) in [5, 5.41) is 42.3. The van der Waals surface area contributed by atoms with Crippen LogP contribution >= 0.6 is 0 Å². The first-order valence-electron chi connectivity index (χ1n) is 22.3. The highest BCUT2D eigenvalue weighted by Crippen LogP contribution is 2.82. The van der Waals surface area contributed by atoms with E-state index in [-0.39, 0.29) is 10.8 Å². The fourth-order valence-electron chi connectivity index (χ4n) is 19.6. The lowest BCUT2D eigenvalue weighted by Crippen LogP contribution is -2.51. The van der Waals surface area contributed by atoms with Gasteiger partial charge in [0.1, 0.15) is 0 Å². The van der Waals surface area contributed by atoms with Gasteiger partial charge in [0.2, 0.25) is 0 Å². The molecule has 7 aliphatic carbocycles. The summed E-state index contributed by atoms with van der Waals surface area (Å²) in [6, 6.07) is 29.8. The van der Waals surface area contributed by atoms with Crippen LogP contribution in [-0.2, 0) is 10.8 Å². The van der Waals surface area contributed by atoms with E-state index in [1.807, 2.05) is 0 Å². The molecule has 6 unspecified atom stereocenters. The van der Waals surface area contributed by atoms with Crippen molar-refractivity contribution in [2.45, 2.75) is 60.2 Å². The van der Waals surface area contributed by atoms with E-state index in [0.717, 1.165) is 0 Å². The third-order valence-electron chi connectivity index (χ3n) is 20.4. The highest BCUT2D eigenvalue weighted by molar-refractivity contribution is 6.66. The molecule has 0 heteroatoms. The van der Waals surface area contributed by atoms with E-state index in [4.69, 9.17) is 0 Å². The number of fused-ring (bicyclic) bond motifs is 19. The highest BCUT2D eigenvalue weighted by Gasteiger charge is 2.74. The molecule has 22 rings (SSSR count). The van der Waals surface area contributed by atoms with Crippen LogP contribution in [0.4, 0.5) is 0 Å². The maximum absolute atomic E-state index is 2.81. The van der Waals surface area contributed by atoms with Gasteiger partial charge in [-0.2, -0.15) is 0 Å². The zero-order valence-corrected chi connectivity index (χ0v) is 31.2. The van der Waals surface area contributed by atoms with E-state index in [1.54, 1.807) is 184 Å². The number of benzene rings is 10. The molecule has 15 aromatic carbocycles. The monoisotopic (exact) mass is 722 g/mol. The van der Waals surface area contributed by atoms with Gasteiger partial charge in [0.15, 0.2) is 0 Å². The van der Waals surface area contributed by atoms with Crippen LogP contribution in [0.2, 0.25) is 0 Å². The summed E-state index contributed by atoms with van der Waals surface area (Å²) in [4.78, 5) is 0. The largest absolute Gasteiger partial charge is 0.0751 e. The van der Waals surface area contributed by atoms with Crippen molar-refractivity contribution in [3.63, 3.8) is 0 Å². The summed E-state index contributed by atoms with van der Waals surface area (Å²) in [5.41, 5.74) is 13.8. The van der Waals surface area contributed by atoms with Gasteiger partial charge in [-0.1, -0.05) is 84.9 Å². The van der Waals surface area contributed by atoms with Crippen LogP contribution in [0.3, 0.4) is 0 Å². The molecule has 15 aromatic rings. The normalized spacial score (nSPS) is 28.5. The van der Waals surface area contributed by atoms with Crippen LogP contribution in [0.5, 0.6) is 0 Å². The fourth-order valence-corrected chi connectivity index (χ4v) is 19.6. The van der Waals surface area contributed by atoms with Gasteiger partial charge < -0.3 is 0 Å². The zero-order valence-electron chi connectivity index (χ0n) is 31.2. The second kappa shape index (κ2) is 6.62. The Morgan fingerprint density at radius 2 is 0.707 bits per heavy atom. The van der Waals surface area contributed by atoms with Crippen molar-refractivity contribution in [1.29, 1.82) is 0 Å². The third-order valence-corrected chi connectivity index (χ3v) is 20.4. The van der Waals surface area contributed by atoms with Gasteiger partial charge in [0, 0.05) is 22.7 Å². The van der Waals surface area contributed by atoms with Gasteiger partial charge in [-0.3, -0.25) is 0 Å². The van der Waals surface area contributed by atoms with Gasteiger partial charge >= 0.3 is 0 Å². The van der Waals surface area contributed by atoms with Crippen molar-refractivity contribution in [3.8, 4) is 0 Å². The average molecular weight is 723 g/mol. The minimum atomic E-state index is 0.101. The fraction of sp³-hybridized carbons (Fsp3) is 0.172. The van der Waals surface area contributed by atoms with Gasteiger partial charge in [0.05, 0.1) is 0 Å². The lowest BCUT2D eigenvalue weighted by atomic mass is 9.49. The molecule has 0 heterocycles. The molecule has 0 saturated heterocycles. The van der Waals surface area contributed by atoms with E-state index < -0.39 is 0 Å². The summed E-state index contributed by atoms with van der Waals surface area (Å²) in [6.07, 6.45) is 10.5. The number of rotatable bonds is 0. The van der Waals surface area contributed by atoms with Crippen molar-refractivity contribution in [1.82, 2.24) is 0 Å². The number of hydrogen-bond acceptors (Lipinski definition) is 0. The first-order chi connectivity index (χ1) is 28.8. The Morgan fingerprint density at radius 1 is 0.328 bits per heavy atom. The predicted octanol–water partition coefficient (Wildman–Crippen LogP) is 13.0. The second-order valence-corrected chi connectivity index (χ2v) is 20.9. The Kier molecular flexibility index (Phi) is 2.88. The van der Waals surface area contributed by atoms with Crippen LogP contribution in [0.15, 0.2) is 72.8 Å². The maximum atomic E-state index is 2.81. The smallest absolute Gasteiger partial charge is 0.0175 e. The molecule has 1 fully saturated rings.